The molecule has 6 rings (SSSR count). The maximum absolute atomic E-state index is 14.6. The number of nitrogens with one attached hydrogen (secondary N) is 1. The summed E-state index contributed by atoms with van der Waals surface area (Å²) in [6, 6.07) is 12.5. The van der Waals surface area contributed by atoms with Crippen molar-refractivity contribution in [1.29, 1.82) is 0 Å². The molecule has 4 heterocycles. The van der Waals surface area contributed by atoms with Crippen LogP contribution < -0.4 is 4.74 Å². The molecule has 1 atom stereocenters. The standard InChI is InChI=1S/C28H30FN5O5/c1-36-12-13-38-25-16-24-21(14-22(25)29)27(31-30-24)26-15-23(32-39-26)18-2-4-19(5-3-18)28(35)34-9-7-33(8-10-34)20-6-11-37-17-20/h2-5,14-16,20H,6-13,17H2,1H3,(H,30,31). The number of aromatic amines is 1. The van der Waals surface area contributed by atoms with Gasteiger partial charge in [-0.3, -0.25) is 14.8 Å². The van der Waals surface area contributed by atoms with E-state index in [2.05, 4.69) is 20.3 Å². The van der Waals surface area contributed by atoms with Gasteiger partial charge in [-0.1, -0.05) is 17.3 Å². The number of hydrogen-bond acceptors (Lipinski definition) is 8. The van der Waals surface area contributed by atoms with Crippen molar-refractivity contribution in [1.82, 2.24) is 25.2 Å². The minimum absolute atomic E-state index is 0.0281. The number of amides is 1. The van der Waals surface area contributed by atoms with Crippen molar-refractivity contribution in [3.05, 3.63) is 53.8 Å². The number of carbonyl (C=O) groups excluding carboxylic acids is 1. The van der Waals surface area contributed by atoms with Crippen LogP contribution in [0.5, 0.6) is 5.75 Å². The fourth-order valence-electron chi connectivity index (χ4n) is 5.14. The van der Waals surface area contributed by atoms with E-state index in [0.29, 0.717) is 59.4 Å². The van der Waals surface area contributed by atoms with E-state index in [1.165, 1.54) is 6.07 Å². The number of ether oxygens (including phenoxy) is 3. The van der Waals surface area contributed by atoms with Gasteiger partial charge >= 0.3 is 0 Å². The minimum Gasteiger partial charge on any atom is -0.488 e. The molecule has 2 aliphatic heterocycles. The van der Waals surface area contributed by atoms with Gasteiger partial charge in [0, 0.05) is 74.6 Å². The van der Waals surface area contributed by atoms with Gasteiger partial charge in [0.15, 0.2) is 17.3 Å². The van der Waals surface area contributed by atoms with Crippen LogP contribution in [0.4, 0.5) is 4.39 Å². The highest BCUT2D eigenvalue weighted by atomic mass is 19.1. The molecule has 204 valence electrons. The molecule has 2 saturated heterocycles. The van der Waals surface area contributed by atoms with Crippen LogP contribution in [0.1, 0.15) is 16.8 Å². The molecule has 39 heavy (non-hydrogen) atoms. The van der Waals surface area contributed by atoms with Crippen molar-refractivity contribution in [2.45, 2.75) is 12.5 Å². The Morgan fingerprint density at radius 1 is 1.13 bits per heavy atom. The zero-order chi connectivity index (χ0) is 26.8. The Morgan fingerprint density at radius 3 is 2.69 bits per heavy atom. The molecular weight excluding hydrogens is 505 g/mol. The molecule has 2 aliphatic rings. The number of methoxy groups -OCH3 is 1. The number of halogens is 1. The van der Waals surface area contributed by atoms with E-state index < -0.39 is 5.82 Å². The monoisotopic (exact) mass is 535 g/mol. The molecule has 10 nitrogen and oxygen atoms in total. The van der Waals surface area contributed by atoms with Crippen LogP contribution in [0, 0.1) is 5.82 Å². The van der Waals surface area contributed by atoms with E-state index in [1.807, 2.05) is 29.2 Å². The lowest BCUT2D eigenvalue weighted by atomic mass is 10.1. The van der Waals surface area contributed by atoms with Crippen LogP contribution >= 0.6 is 0 Å². The van der Waals surface area contributed by atoms with E-state index in [-0.39, 0.29) is 18.3 Å². The van der Waals surface area contributed by atoms with Crippen molar-refractivity contribution >= 4 is 16.8 Å². The van der Waals surface area contributed by atoms with E-state index in [1.54, 1.807) is 19.2 Å². The maximum Gasteiger partial charge on any atom is 0.253 e. The van der Waals surface area contributed by atoms with Crippen LogP contribution in [-0.4, -0.2) is 96.8 Å². The van der Waals surface area contributed by atoms with Crippen molar-refractivity contribution in [2.24, 2.45) is 0 Å². The molecule has 1 unspecified atom stereocenters. The molecule has 2 aromatic heterocycles. The number of carbonyl (C=O) groups is 1. The number of rotatable bonds is 8. The van der Waals surface area contributed by atoms with Gasteiger partial charge in [-0.15, -0.1) is 0 Å². The summed E-state index contributed by atoms with van der Waals surface area (Å²) in [7, 11) is 1.56. The van der Waals surface area contributed by atoms with Gasteiger partial charge in [0.05, 0.1) is 18.7 Å². The molecule has 2 fully saturated rings. The van der Waals surface area contributed by atoms with Gasteiger partial charge < -0.3 is 23.6 Å². The van der Waals surface area contributed by atoms with Gasteiger partial charge in [0.25, 0.3) is 5.91 Å². The van der Waals surface area contributed by atoms with E-state index in [9.17, 15) is 9.18 Å². The Morgan fingerprint density at radius 2 is 1.95 bits per heavy atom. The summed E-state index contributed by atoms with van der Waals surface area (Å²) in [5.41, 5.74) is 3.08. The van der Waals surface area contributed by atoms with Crippen molar-refractivity contribution in [3.63, 3.8) is 0 Å². The fraction of sp³-hybridized carbons (Fsp3) is 0.393. The number of aromatic nitrogens is 3. The Hall–Kier alpha value is -3.80. The van der Waals surface area contributed by atoms with Gasteiger partial charge in [-0.05, 0) is 24.6 Å². The third-order valence-corrected chi connectivity index (χ3v) is 7.36. The predicted octanol–water partition coefficient (Wildman–Crippen LogP) is 3.60. The fourth-order valence-corrected chi connectivity index (χ4v) is 5.14. The lowest BCUT2D eigenvalue weighted by Crippen LogP contribution is -2.52. The minimum atomic E-state index is -0.504. The Kier molecular flexibility index (Phi) is 7.27. The summed E-state index contributed by atoms with van der Waals surface area (Å²) in [5.74, 6) is 0.0397. The first kappa shape index (κ1) is 25.5. The highest BCUT2D eigenvalue weighted by Gasteiger charge is 2.28. The van der Waals surface area contributed by atoms with Crippen LogP contribution in [0.3, 0.4) is 0 Å². The third-order valence-electron chi connectivity index (χ3n) is 7.36. The highest BCUT2D eigenvalue weighted by Crippen LogP contribution is 2.33. The van der Waals surface area contributed by atoms with E-state index >= 15 is 0 Å². The average molecular weight is 536 g/mol. The topological polar surface area (TPSA) is 106 Å². The van der Waals surface area contributed by atoms with Crippen LogP contribution in [-0.2, 0) is 9.47 Å². The number of hydrogen-bond donors (Lipinski definition) is 1. The summed E-state index contributed by atoms with van der Waals surface area (Å²) in [6.45, 7) is 5.37. The molecule has 0 spiro atoms. The number of fused-ring (bicyclic) bond motifs is 1. The SMILES string of the molecule is COCCOc1cc2[nH]nc(-c3cc(-c4ccc(C(=O)N5CCN(C6CCOC6)CC5)cc4)no3)c2cc1F. The van der Waals surface area contributed by atoms with Crippen LogP contribution in [0.2, 0.25) is 0 Å². The highest BCUT2D eigenvalue weighted by molar-refractivity contribution is 5.95. The molecule has 0 aliphatic carbocycles. The van der Waals surface area contributed by atoms with Gasteiger partial charge in [0.1, 0.15) is 18.0 Å². The average Bonchev–Trinajstić information content (AvgIpc) is 3.74. The lowest BCUT2D eigenvalue weighted by Gasteiger charge is -2.37. The Balaban J connectivity index is 1.13. The molecule has 0 radical (unpaired) electrons. The number of piperazine rings is 1. The predicted molar refractivity (Wildman–Crippen MR) is 141 cm³/mol. The molecule has 2 aromatic carbocycles. The van der Waals surface area contributed by atoms with E-state index in [0.717, 1.165) is 38.3 Å². The zero-order valence-electron chi connectivity index (χ0n) is 21.7. The second-order valence-corrected chi connectivity index (χ2v) is 9.74. The molecule has 4 aromatic rings. The van der Waals surface area contributed by atoms with Crippen molar-refractivity contribution in [3.8, 4) is 28.5 Å². The zero-order valence-corrected chi connectivity index (χ0v) is 21.7. The Labute approximate surface area is 224 Å². The molecule has 11 heteroatoms. The van der Waals surface area contributed by atoms with Crippen molar-refractivity contribution in [2.75, 3.05) is 59.7 Å². The first-order valence-electron chi connectivity index (χ1n) is 13.1. The summed E-state index contributed by atoms with van der Waals surface area (Å²) < 4.78 is 36.1. The summed E-state index contributed by atoms with van der Waals surface area (Å²) in [5, 5.41) is 11.9. The maximum atomic E-state index is 14.6. The van der Waals surface area contributed by atoms with E-state index in [4.69, 9.17) is 18.7 Å². The summed E-state index contributed by atoms with van der Waals surface area (Å²) in [4.78, 5) is 17.4. The van der Waals surface area contributed by atoms with Crippen LogP contribution in [0.25, 0.3) is 33.6 Å². The second-order valence-electron chi connectivity index (χ2n) is 9.74. The normalized spacial score (nSPS) is 18.2. The molecular formula is C28H30FN5O5. The van der Waals surface area contributed by atoms with Gasteiger partial charge in [-0.25, -0.2) is 4.39 Å². The van der Waals surface area contributed by atoms with Gasteiger partial charge in [0.2, 0.25) is 0 Å². The number of nitrogens with zero attached hydrogens (tertiary/aromatic N) is 4. The van der Waals surface area contributed by atoms with Crippen molar-refractivity contribution < 1.29 is 27.9 Å². The van der Waals surface area contributed by atoms with Crippen LogP contribution in [0.15, 0.2) is 47.0 Å². The first-order chi connectivity index (χ1) is 19.1. The first-order valence-corrected chi connectivity index (χ1v) is 13.1. The summed E-state index contributed by atoms with van der Waals surface area (Å²) >= 11 is 0. The summed E-state index contributed by atoms with van der Waals surface area (Å²) in [6.07, 6.45) is 1.07. The number of benzene rings is 2. The largest absolute Gasteiger partial charge is 0.488 e. The molecule has 1 N–H and O–H groups in total. The third kappa shape index (κ3) is 5.25. The van der Waals surface area contributed by atoms with Gasteiger partial charge in [-0.2, -0.15) is 5.10 Å². The smallest absolute Gasteiger partial charge is 0.253 e. The second kappa shape index (κ2) is 11.1. The molecule has 1 amide bonds. The molecule has 0 bridgehead atoms. The lowest BCUT2D eigenvalue weighted by molar-refractivity contribution is 0.0549. The molecule has 0 saturated carbocycles. The number of H-pyrrole nitrogens is 1. The quantitative estimate of drug-likeness (QED) is 0.341. The Bertz CT molecular complexity index is 1440.